The second-order valence-corrected chi connectivity index (χ2v) is 10.7. The van der Waals surface area contributed by atoms with Crippen LogP contribution in [0.4, 0.5) is 0 Å². The Balaban J connectivity index is 1.18. The standard InChI is InChI=1S/C27H37N3O5/c1-19(31)30-14-9-22(18-30)34-21-5-6-24-23(17-21)26(33)35-27(24)10-7-20(8-11-27)25(32)28(2)15-16-29-12-3-4-13-29/h5-6,17,20,22H,3-4,7-16,18H2,1-2H3/t20-,22?,27-. The largest absolute Gasteiger partial charge is 0.488 e. The minimum Gasteiger partial charge on any atom is -0.488 e. The minimum atomic E-state index is -0.630. The summed E-state index contributed by atoms with van der Waals surface area (Å²) in [7, 11) is 1.91. The monoisotopic (exact) mass is 483 g/mol. The normalized spacial score (nSPS) is 28.3. The van der Waals surface area contributed by atoms with Crippen molar-refractivity contribution in [3.05, 3.63) is 29.3 Å². The highest BCUT2D eigenvalue weighted by Crippen LogP contribution is 2.49. The van der Waals surface area contributed by atoms with E-state index in [1.807, 2.05) is 24.1 Å². The van der Waals surface area contributed by atoms with Crippen molar-refractivity contribution in [1.29, 1.82) is 0 Å². The molecule has 1 atom stereocenters. The van der Waals surface area contributed by atoms with Crippen molar-refractivity contribution >= 4 is 17.8 Å². The Morgan fingerprint density at radius 2 is 1.89 bits per heavy atom. The molecule has 2 saturated heterocycles. The topological polar surface area (TPSA) is 79.4 Å². The SMILES string of the molecule is CC(=O)N1CCC(Oc2ccc3c(c2)C(=O)O[C@]32CC[C@H](C(=O)N(C)CCN3CCCC3)CC2)C1. The molecule has 1 saturated carbocycles. The molecule has 8 heteroatoms. The number of amides is 2. The molecule has 3 heterocycles. The summed E-state index contributed by atoms with van der Waals surface area (Å²) < 4.78 is 12.0. The zero-order valence-electron chi connectivity index (χ0n) is 21.0. The number of benzene rings is 1. The Morgan fingerprint density at radius 1 is 1.14 bits per heavy atom. The quantitative estimate of drug-likeness (QED) is 0.579. The number of hydrogen-bond acceptors (Lipinski definition) is 6. The van der Waals surface area contributed by atoms with Crippen molar-refractivity contribution in [3.63, 3.8) is 0 Å². The highest BCUT2D eigenvalue weighted by Gasteiger charge is 2.49. The van der Waals surface area contributed by atoms with Crippen LogP contribution in [0.5, 0.6) is 5.75 Å². The summed E-state index contributed by atoms with van der Waals surface area (Å²) in [5.41, 5.74) is 0.852. The molecule has 3 aliphatic heterocycles. The molecular weight excluding hydrogens is 446 g/mol. The fourth-order valence-electron chi connectivity index (χ4n) is 6.18. The number of esters is 1. The molecule has 1 aromatic carbocycles. The first kappa shape index (κ1) is 24.1. The molecular formula is C27H37N3O5. The van der Waals surface area contributed by atoms with E-state index in [1.165, 1.54) is 12.8 Å². The number of carbonyl (C=O) groups excluding carboxylic acids is 3. The van der Waals surface area contributed by atoms with Crippen LogP contribution in [0.15, 0.2) is 18.2 Å². The van der Waals surface area contributed by atoms with Gasteiger partial charge in [0, 0.05) is 51.5 Å². The van der Waals surface area contributed by atoms with Gasteiger partial charge in [-0.2, -0.15) is 0 Å². The molecule has 8 nitrogen and oxygen atoms in total. The van der Waals surface area contributed by atoms with Crippen molar-refractivity contribution in [2.45, 2.75) is 63.6 Å². The van der Waals surface area contributed by atoms with E-state index in [4.69, 9.17) is 9.47 Å². The molecule has 0 N–H and O–H groups in total. The van der Waals surface area contributed by atoms with Crippen molar-refractivity contribution < 1.29 is 23.9 Å². The van der Waals surface area contributed by atoms with Crippen LogP contribution >= 0.6 is 0 Å². The number of carbonyl (C=O) groups is 3. The summed E-state index contributed by atoms with van der Waals surface area (Å²) in [4.78, 5) is 43.5. The number of likely N-dealkylation sites (N-methyl/N-ethyl adjacent to an activating group) is 1. The van der Waals surface area contributed by atoms with Gasteiger partial charge in [0.2, 0.25) is 11.8 Å². The Bertz CT molecular complexity index is 981. The molecule has 1 unspecified atom stereocenters. The zero-order chi connectivity index (χ0) is 24.6. The lowest BCUT2D eigenvalue weighted by Crippen LogP contribution is -2.41. The Kier molecular flexibility index (Phi) is 6.75. The van der Waals surface area contributed by atoms with Crippen molar-refractivity contribution in [2.75, 3.05) is 46.3 Å². The van der Waals surface area contributed by atoms with Crippen LogP contribution in [0, 0.1) is 5.92 Å². The summed E-state index contributed by atoms with van der Waals surface area (Å²) in [6.45, 7) is 6.84. The number of likely N-dealkylation sites (tertiary alicyclic amines) is 2. The lowest BCUT2D eigenvalue weighted by molar-refractivity contribution is -0.137. The molecule has 5 rings (SSSR count). The van der Waals surface area contributed by atoms with Gasteiger partial charge in [0.05, 0.1) is 12.1 Å². The number of hydrogen-bond donors (Lipinski definition) is 0. The van der Waals surface area contributed by atoms with Gasteiger partial charge in [-0.1, -0.05) is 6.07 Å². The maximum atomic E-state index is 13.0. The van der Waals surface area contributed by atoms with Gasteiger partial charge in [-0.3, -0.25) is 9.59 Å². The molecule has 0 radical (unpaired) electrons. The second kappa shape index (κ2) is 9.80. The molecule has 1 spiro atoms. The first-order valence-corrected chi connectivity index (χ1v) is 13.1. The molecule has 2 amide bonds. The van der Waals surface area contributed by atoms with Crippen LogP contribution in [-0.4, -0.2) is 84.9 Å². The number of nitrogens with zero attached hydrogens (tertiary/aromatic N) is 3. The first-order valence-electron chi connectivity index (χ1n) is 13.1. The van der Waals surface area contributed by atoms with Crippen LogP contribution in [0.2, 0.25) is 0 Å². The Morgan fingerprint density at radius 3 is 2.57 bits per heavy atom. The van der Waals surface area contributed by atoms with E-state index in [0.29, 0.717) is 37.2 Å². The van der Waals surface area contributed by atoms with E-state index < -0.39 is 5.60 Å². The third-order valence-electron chi connectivity index (χ3n) is 8.35. The second-order valence-electron chi connectivity index (χ2n) is 10.7. The Hall–Kier alpha value is -2.61. The molecule has 4 aliphatic rings. The highest BCUT2D eigenvalue weighted by molar-refractivity contribution is 5.95. The predicted molar refractivity (Wildman–Crippen MR) is 130 cm³/mol. The van der Waals surface area contributed by atoms with E-state index in [1.54, 1.807) is 17.9 Å². The van der Waals surface area contributed by atoms with Gasteiger partial charge in [0.1, 0.15) is 17.5 Å². The van der Waals surface area contributed by atoms with Crippen molar-refractivity contribution in [3.8, 4) is 5.75 Å². The fraction of sp³-hybridized carbons (Fsp3) is 0.667. The summed E-state index contributed by atoms with van der Waals surface area (Å²) in [5.74, 6) is 0.582. The van der Waals surface area contributed by atoms with Crippen LogP contribution in [-0.2, 0) is 19.9 Å². The van der Waals surface area contributed by atoms with E-state index in [9.17, 15) is 14.4 Å². The lowest BCUT2D eigenvalue weighted by Gasteiger charge is -2.37. The van der Waals surface area contributed by atoms with E-state index in [2.05, 4.69) is 4.90 Å². The van der Waals surface area contributed by atoms with Gasteiger partial charge in [0.15, 0.2) is 0 Å². The van der Waals surface area contributed by atoms with Crippen LogP contribution in [0.25, 0.3) is 0 Å². The highest BCUT2D eigenvalue weighted by atomic mass is 16.6. The first-order chi connectivity index (χ1) is 16.8. The number of fused-ring (bicyclic) bond motifs is 2. The van der Waals surface area contributed by atoms with Gasteiger partial charge in [-0.25, -0.2) is 4.79 Å². The van der Waals surface area contributed by atoms with Gasteiger partial charge >= 0.3 is 5.97 Å². The summed E-state index contributed by atoms with van der Waals surface area (Å²) in [6, 6.07) is 5.64. The maximum Gasteiger partial charge on any atom is 0.339 e. The lowest BCUT2D eigenvalue weighted by atomic mass is 9.74. The van der Waals surface area contributed by atoms with E-state index in [0.717, 1.165) is 51.0 Å². The van der Waals surface area contributed by atoms with Crippen molar-refractivity contribution in [2.24, 2.45) is 5.92 Å². The smallest absolute Gasteiger partial charge is 0.339 e. The molecule has 0 aromatic heterocycles. The third kappa shape index (κ3) is 4.90. The molecule has 3 fully saturated rings. The molecule has 35 heavy (non-hydrogen) atoms. The van der Waals surface area contributed by atoms with Gasteiger partial charge in [-0.05, 0) is 63.7 Å². The van der Waals surface area contributed by atoms with Crippen LogP contribution in [0.1, 0.15) is 67.8 Å². The van der Waals surface area contributed by atoms with Crippen molar-refractivity contribution in [1.82, 2.24) is 14.7 Å². The average Bonchev–Trinajstić information content (AvgIpc) is 3.59. The van der Waals surface area contributed by atoms with Gasteiger partial charge in [0.25, 0.3) is 0 Å². The zero-order valence-corrected chi connectivity index (χ0v) is 21.0. The molecule has 0 bridgehead atoms. The summed E-state index contributed by atoms with van der Waals surface area (Å²) in [5, 5.41) is 0. The Labute approximate surface area is 207 Å². The van der Waals surface area contributed by atoms with E-state index in [-0.39, 0.29) is 29.8 Å². The molecule has 190 valence electrons. The minimum absolute atomic E-state index is 0.0128. The van der Waals surface area contributed by atoms with Gasteiger partial charge in [-0.15, -0.1) is 0 Å². The van der Waals surface area contributed by atoms with E-state index >= 15 is 0 Å². The van der Waals surface area contributed by atoms with Crippen LogP contribution < -0.4 is 4.74 Å². The molecule has 1 aliphatic carbocycles. The summed E-state index contributed by atoms with van der Waals surface area (Å²) in [6.07, 6.45) is 6.02. The maximum absolute atomic E-state index is 13.0. The number of ether oxygens (including phenoxy) is 2. The predicted octanol–water partition coefficient (Wildman–Crippen LogP) is 2.80. The average molecular weight is 484 g/mol. The molecule has 1 aromatic rings. The fourth-order valence-corrected chi connectivity index (χ4v) is 6.18. The van der Waals surface area contributed by atoms with Crippen LogP contribution in [0.3, 0.4) is 0 Å². The summed E-state index contributed by atoms with van der Waals surface area (Å²) >= 11 is 0. The number of rotatable bonds is 6. The van der Waals surface area contributed by atoms with Gasteiger partial charge < -0.3 is 24.2 Å². The third-order valence-corrected chi connectivity index (χ3v) is 8.35.